The summed E-state index contributed by atoms with van der Waals surface area (Å²) in [5.41, 5.74) is -0.0269. The molecule has 9 aliphatic rings. The van der Waals surface area contributed by atoms with Crippen LogP contribution in [0.3, 0.4) is 0 Å². The zero-order chi connectivity index (χ0) is 63.0. The lowest BCUT2D eigenvalue weighted by molar-refractivity contribution is -0.152. The lowest BCUT2D eigenvalue weighted by Crippen LogP contribution is -2.47. The number of carbonyl (C=O) groups is 6. The molecule has 16 nitrogen and oxygen atoms in total. The van der Waals surface area contributed by atoms with E-state index in [0.717, 1.165) is 74.3 Å². The Hall–Kier alpha value is -6.63. The molecule has 2 aromatic heterocycles. The summed E-state index contributed by atoms with van der Waals surface area (Å²) in [5, 5.41) is 1.44. The lowest BCUT2D eigenvalue weighted by Gasteiger charge is -2.36. The maximum atomic E-state index is 14.7. The number of amides is 3. The zero-order valence-electron chi connectivity index (χ0n) is 52.4. The minimum absolute atomic E-state index is 0.0238. The first kappa shape index (κ1) is 62.6. The molecule has 0 bridgehead atoms. The van der Waals surface area contributed by atoms with E-state index in [2.05, 4.69) is 26.8 Å². The van der Waals surface area contributed by atoms with Gasteiger partial charge in [0.05, 0.1) is 58.7 Å². The number of aryl methyl sites for hydroxylation is 4. The second kappa shape index (κ2) is 23.9. The van der Waals surface area contributed by atoms with Gasteiger partial charge in [0, 0.05) is 59.4 Å². The number of hydrogen-bond acceptors (Lipinski definition) is 13. The first-order valence-corrected chi connectivity index (χ1v) is 34.2. The van der Waals surface area contributed by atoms with E-state index in [-0.39, 0.29) is 91.3 Å². The molecule has 13 rings (SSSR count). The van der Waals surface area contributed by atoms with Gasteiger partial charge in [-0.15, -0.1) is 0 Å². The number of ketones is 2. The number of aromatic nitrogens is 2. The Bertz CT molecular complexity index is 3740. The fourth-order valence-electron chi connectivity index (χ4n) is 15.6. The van der Waals surface area contributed by atoms with Gasteiger partial charge in [-0.2, -0.15) is 0 Å². The molecule has 10 atom stereocenters. The Morgan fingerprint density at radius 2 is 1.12 bits per heavy atom. The van der Waals surface area contributed by atoms with Crippen LogP contribution >= 0.6 is 0 Å². The predicted molar refractivity (Wildman–Crippen MR) is 331 cm³/mol. The number of pyridine rings is 2. The molecular formula is C70H85F2N5O11S. The molecule has 19 heteroatoms. The van der Waals surface area contributed by atoms with Gasteiger partial charge in [0.1, 0.15) is 45.4 Å². The highest BCUT2D eigenvalue weighted by Crippen LogP contribution is 2.60. The third-order valence-electron chi connectivity index (χ3n) is 21.6. The normalized spacial score (nSPS) is 32.5. The van der Waals surface area contributed by atoms with E-state index in [1.807, 2.05) is 45.1 Å². The van der Waals surface area contributed by atoms with Crippen LogP contribution in [-0.4, -0.2) is 111 Å². The first-order valence-electron chi connectivity index (χ1n) is 32.7. The highest BCUT2D eigenvalue weighted by atomic mass is 32.2. The molecule has 3 aliphatic carbocycles. The molecule has 5 fully saturated rings. The van der Waals surface area contributed by atoms with Crippen molar-refractivity contribution in [1.82, 2.24) is 24.5 Å². The molecule has 2 aromatic carbocycles. The number of para-hydroxylation sites is 2. The molecule has 1 N–H and O–H groups in total. The fourth-order valence-corrected chi connectivity index (χ4v) is 16.9. The third-order valence-corrected chi connectivity index (χ3v) is 23.8. The Balaban J connectivity index is 0.000000174. The Morgan fingerprint density at radius 1 is 0.663 bits per heavy atom. The topological polar surface area (TPSA) is 209 Å². The van der Waals surface area contributed by atoms with Gasteiger partial charge in [-0.05, 0) is 142 Å². The van der Waals surface area contributed by atoms with Gasteiger partial charge in [-0.25, -0.2) is 27.2 Å². The largest absolute Gasteiger partial charge is 0.483 e. The van der Waals surface area contributed by atoms with E-state index < -0.39 is 60.6 Å². The zero-order valence-corrected chi connectivity index (χ0v) is 53.2. The van der Waals surface area contributed by atoms with Crippen LogP contribution in [-0.2, 0) is 56.4 Å². The van der Waals surface area contributed by atoms with E-state index in [1.165, 1.54) is 12.1 Å². The minimum Gasteiger partial charge on any atom is -0.483 e. The van der Waals surface area contributed by atoms with Gasteiger partial charge in [0.15, 0.2) is 11.6 Å². The number of benzene rings is 2. The Labute approximate surface area is 520 Å². The van der Waals surface area contributed by atoms with Crippen LogP contribution in [0.1, 0.15) is 179 Å². The molecule has 0 radical (unpaired) electrons. The highest BCUT2D eigenvalue weighted by Gasteiger charge is 2.65. The number of carbonyl (C=O) groups excluding carboxylic acids is 6. The Kier molecular flexibility index (Phi) is 16.8. The number of esters is 1. The van der Waals surface area contributed by atoms with Crippen LogP contribution in [0, 0.1) is 60.0 Å². The van der Waals surface area contributed by atoms with Crippen molar-refractivity contribution in [2.75, 3.05) is 19.7 Å². The number of allylic oxidation sites excluding steroid dienone is 4. The summed E-state index contributed by atoms with van der Waals surface area (Å²) in [6.07, 6.45) is 22.1. The van der Waals surface area contributed by atoms with Crippen LogP contribution in [0.5, 0.6) is 11.5 Å². The van der Waals surface area contributed by atoms with E-state index in [4.69, 9.17) is 14.2 Å². The summed E-state index contributed by atoms with van der Waals surface area (Å²) >= 11 is 0. The maximum absolute atomic E-state index is 14.7. The SMILES string of the molecule is CCOC(=O)C12CC(=O)[C@@H]3C[C@]4(CCc5c(c(C)nc6c(F)cccc56)O4)CN3C(=O)[C@@H](C)CCCCC/C=C\[C@@H]1C2.Cc1nc2c(F)cccc2c2c1O[C@]1(CC2)C[C@H]2C(=O)CC3(C(=O)NS(=O)(=O)C4(C)CC4)C[C@H]3/C=C\CCCCC[C@H](C)C(=O)N2C1. The van der Waals surface area contributed by atoms with Crippen molar-refractivity contribution in [2.45, 2.75) is 211 Å². The third kappa shape index (κ3) is 11.7. The number of ether oxygens (including phenoxy) is 3. The number of fused-ring (bicyclic) bond motifs is 10. The van der Waals surface area contributed by atoms with E-state index in [1.54, 1.807) is 42.7 Å². The maximum Gasteiger partial charge on any atom is 0.313 e. The molecule has 3 amide bonds. The molecule has 2 saturated heterocycles. The average molecular weight is 1240 g/mol. The standard InChI is InChI=1S/C36H44FN3O6S.C34H41FN2O5/c1-22-10-7-5-4-6-8-11-24-18-36(24,33(43)39-47(44,45)34(3)16-17-34)20-29(41)28-19-35(21-40(28)32(22)42)15-14-26-25-12-9-13-27(37)30(25)38-23(2)31(26)46-35;1-4-41-32(40)34-17-23(34)12-9-7-5-6-8-11-21(2)31(39)37-20-33(18-27(37)28(38)19-34)16-15-25-24-13-10-14-26(35)29(24)36-22(3)30(25)42-33/h8-9,11-13,22,24,28H,4-7,10,14-21H2,1-3H3,(H,39,43);9-10,12-14,21,23,27H,4-8,11,15-20H2,1-3H3/b11-8-;12-9-/t22-,24+,28-,35+,36?;21-,23+,27-,33+,34?/m00/s1. The summed E-state index contributed by atoms with van der Waals surface area (Å²) in [7, 11) is -3.89. The summed E-state index contributed by atoms with van der Waals surface area (Å²) < 4.78 is 75.7. The van der Waals surface area contributed by atoms with Crippen molar-refractivity contribution in [3.8, 4) is 11.5 Å². The highest BCUT2D eigenvalue weighted by molar-refractivity contribution is 7.91. The average Bonchev–Trinajstić information content (AvgIpc) is 1.72. The summed E-state index contributed by atoms with van der Waals surface area (Å²) in [6.45, 7) is 11.7. The van der Waals surface area contributed by atoms with Crippen LogP contribution < -0.4 is 14.2 Å². The van der Waals surface area contributed by atoms with Gasteiger partial charge < -0.3 is 24.0 Å². The van der Waals surface area contributed by atoms with Crippen molar-refractivity contribution in [1.29, 1.82) is 0 Å². The van der Waals surface area contributed by atoms with Gasteiger partial charge >= 0.3 is 5.97 Å². The Morgan fingerprint density at radius 3 is 1.60 bits per heavy atom. The molecule has 3 saturated carbocycles. The van der Waals surface area contributed by atoms with Crippen LogP contribution in [0.25, 0.3) is 21.8 Å². The van der Waals surface area contributed by atoms with Gasteiger partial charge in [-0.1, -0.05) is 88.1 Å². The molecule has 4 aromatic rings. The monoisotopic (exact) mass is 1240 g/mol. The number of Topliss-reactive ketones (excluding diaryl/α,β-unsaturated/α-hetero) is 2. The molecule has 6 aliphatic heterocycles. The molecule has 2 spiro atoms. The molecular weight excluding hydrogens is 1160 g/mol. The first-order chi connectivity index (χ1) is 42.5. The van der Waals surface area contributed by atoms with Gasteiger partial charge in [-0.3, -0.25) is 33.5 Å². The van der Waals surface area contributed by atoms with E-state index in [9.17, 15) is 46.0 Å². The predicted octanol–water partition coefficient (Wildman–Crippen LogP) is 11.5. The number of hydrogen-bond donors (Lipinski definition) is 1. The van der Waals surface area contributed by atoms with Crippen LogP contribution in [0.15, 0.2) is 60.7 Å². The number of nitrogens with one attached hydrogen (secondary N) is 1. The van der Waals surface area contributed by atoms with Crippen molar-refractivity contribution in [3.05, 3.63) is 94.9 Å². The summed E-state index contributed by atoms with van der Waals surface area (Å²) in [5.74, 6) is -1.75. The van der Waals surface area contributed by atoms with Crippen molar-refractivity contribution >= 4 is 67.1 Å². The second-order valence-corrected chi connectivity index (χ2v) is 30.2. The molecule has 2 unspecified atom stereocenters. The van der Waals surface area contributed by atoms with Crippen molar-refractivity contribution < 1.29 is 60.2 Å². The van der Waals surface area contributed by atoms with Gasteiger partial charge in [0.25, 0.3) is 0 Å². The van der Waals surface area contributed by atoms with Gasteiger partial charge in [0.2, 0.25) is 27.7 Å². The summed E-state index contributed by atoms with van der Waals surface area (Å²) in [6, 6.07) is 8.38. The lowest BCUT2D eigenvalue weighted by atomic mass is 9.85. The number of rotatable bonds is 5. The second-order valence-electron chi connectivity index (χ2n) is 28.0. The van der Waals surface area contributed by atoms with Crippen molar-refractivity contribution in [3.63, 3.8) is 0 Å². The molecule has 89 heavy (non-hydrogen) atoms. The summed E-state index contributed by atoms with van der Waals surface area (Å²) in [4.78, 5) is 96.0. The van der Waals surface area contributed by atoms with E-state index in [0.29, 0.717) is 110 Å². The van der Waals surface area contributed by atoms with Crippen LogP contribution in [0.2, 0.25) is 0 Å². The quantitative estimate of drug-likeness (QED) is 0.146. The van der Waals surface area contributed by atoms with E-state index >= 15 is 0 Å². The fraction of sp³-hybridized carbons (Fsp3) is 0.600. The molecule has 8 heterocycles. The van der Waals surface area contributed by atoms with Crippen LogP contribution in [0.4, 0.5) is 8.78 Å². The number of halogens is 2. The smallest absolute Gasteiger partial charge is 0.313 e. The van der Waals surface area contributed by atoms with Crippen molar-refractivity contribution in [2.24, 2.45) is 34.5 Å². The minimum atomic E-state index is -3.89. The number of sulfonamides is 1. The molecule has 476 valence electrons. The number of nitrogens with zero attached hydrogens (tertiary/aromatic N) is 4.